The molecule has 1 rings (SSSR count). The minimum absolute atomic E-state index is 0.252. The summed E-state index contributed by atoms with van der Waals surface area (Å²) in [6.07, 6.45) is 1.22. The second-order valence-electron chi connectivity index (χ2n) is 3.17. The van der Waals surface area contributed by atoms with Gasteiger partial charge in [0, 0.05) is 17.3 Å². The SMILES string of the molecule is COC(=O)/C=C(/C)NC(=O)c1ccccc1. The maximum atomic E-state index is 11.6. The molecule has 4 heteroatoms. The van der Waals surface area contributed by atoms with Crippen molar-refractivity contribution in [1.82, 2.24) is 5.32 Å². The zero-order valence-electron chi connectivity index (χ0n) is 9.19. The average Bonchev–Trinajstić information content (AvgIpc) is 2.29. The van der Waals surface area contributed by atoms with Crippen molar-refractivity contribution in [2.24, 2.45) is 0 Å². The molecule has 0 bridgehead atoms. The Morgan fingerprint density at radius 3 is 2.44 bits per heavy atom. The Bertz CT molecular complexity index is 410. The van der Waals surface area contributed by atoms with E-state index in [0.717, 1.165) is 0 Å². The van der Waals surface area contributed by atoms with Gasteiger partial charge in [-0.15, -0.1) is 0 Å². The number of allylic oxidation sites excluding steroid dienone is 1. The van der Waals surface area contributed by atoms with E-state index in [1.165, 1.54) is 13.2 Å². The lowest BCUT2D eigenvalue weighted by Crippen LogP contribution is -2.22. The molecule has 0 aliphatic heterocycles. The number of carbonyl (C=O) groups excluding carboxylic acids is 2. The Hall–Kier alpha value is -2.10. The van der Waals surface area contributed by atoms with Crippen LogP contribution >= 0.6 is 0 Å². The van der Waals surface area contributed by atoms with Gasteiger partial charge in [-0.1, -0.05) is 18.2 Å². The highest BCUT2D eigenvalue weighted by molar-refractivity contribution is 5.96. The van der Waals surface area contributed by atoms with Gasteiger partial charge in [0.25, 0.3) is 5.91 Å². The van der Waals surface area contributed by atoms with Crippen LogP contribution in [-0.4, -0.2) is 19.0 Å². The van der Waals surface area contributed by atoms with Crippen LogP contribution in [-0.2, 0) is 9.53 Å². The third-order valence-corrected chi connectivity index (χ3v) is 1.88. The average molecular weight is 219 g/mol. The molecule has 1 aromatic carbocycles. The normalized spacial score (nSPS) is 10.8. The van der Waals surface area contributed by atoms with Crippen LogP contribution in [0.25, 0.3) is 0 Å². The summed E-state index contributed by atoms with van der Waals surface area (Å²) in [6.45, 7) is 1.62. The van der Waals surface area contributed by atoms with Crippen LogP contribution in [0.5, 0.6) is 0 Å². The van der Waals surface area contributed by atoms with E-state index in [0.29, 0.717) is 11.3 Å². The maximum absolute atomic E-state index is 11.6. The minimum Gasteiger partial charge on any atom is -0.466 e. The van der Waals surface area contributed by atoms with Gasteiger partial charge in [0.2, 0.25) is 0 Å². The number of esters is 1. The van der Waals surface area contributed by atoms with E-state index < -0.39 is 5.97 Å². The van der Waals surface area contributed by atoms with Gasteiger partial charge in [0.05, 0.1) is 7.11 Å². The monoisotopic (exact) mass is 219 g/mol. The van der Waals surface area contributed by atoms with Crippen LogP contribution in [0.4, 0.5) is 0 Å². The van der Waals surface area contributed by atoms with E-state index in [1.54, 1.807) is 31.2 Å². The fourth-order valence-corrected chi connectivity index (χ4v) is 1.11. The van der Waals surface area contributed by atoms with Crippen molar-refractivity contribution in [3.63, 3.8) is 0 Å². The van der Waals surface area contributed by atoms with Crippen molar-refractivity contribution >= 4 is 11.9 Å². The molecule has 0 spiro atoms. The second-order valence-corrected chi connectivity index (χ2v) is 3.17. The molecule has 1 aromatic rings. The lowest BCUT2D eigenvalue weighted by molar-refractivity contribution is -0.134. The first-order chi connectivity index (χ1) is 7.63. The molecule has 84 valence electrons. The van der Waals surface area contributed by atoms with Crippen molar-refractivity contribution < 1.29 is 14.3 Å². The molecule has 1 amide bonds. The number of amides is 1. The third-order valence-electron chi connectivity index (χ3n) is 1.88. The standard InChI is InChI=1S/C12H13NO3/c1-9(8-11(14)16-2)13-12(15)10-6-4-3-5-7-10/h3-8H,1-2H3,(H,13,15)/b9-8-. The number of carbonyl (C=O) groups is 2. The van der Waals surface area contributed by atoms with E-state index in [4.69, 9.17) is 0 Å². The first-order valence-electron chi connectivity index (χ1n) is 4.76. The molecule has 0 aliphatic rings. The van der Waals surface area contributed by atoms with E-state index in [1.807, 2.05) is 6.07 Å². The Balaban J connectivity index is 2.66. The largest absolute Gasteiger partial charge is 0.466 e. The number of benzene rings is 1. The van der Waals surface area contributed by atoms with Crippen molar-refractivity contribution in [2.45, 2.75) is 6.92 Å². The molecule has 4 nitrogen and oxygen atoms in total. The molecule has 0 radical (unpaired) electrons. The van der Waals surface area contributed by atoms with E-state index in [9.17, 15) is 9.59 Å². The number of ether oxygens (including phenoxy) is 1. The van der Waals surface area contributed by atoms with Crippen molar-refractivity contribution in [3.05, 3.63) is 47.7 Å². The van der Waals surface area contributed by atoms with Crippen LogP contribution in [0.15, 0.2) is 42.1 Å². The third kappa shape index (κ3) is 3.57. The van der Waals surface area contributed by atoms with Gasteiger partial charge in [-0.25, -0.2) is 4.79 Å². The molecular weight excluding hydrogens is 206 g/mol. The number of hydrogen-bond acceptors (Lipinski definition) is 3. The second kappa shape index (κ2) is 5.70. The minimum atomic E-state index is -0.495. The molecule has 0 saturated carbocycles. The van der Waals surface area contributed by atoms with Gasteiger partial charge in [0.15, 0.2) is 0 Å². The molecule has 0 saturated heterocycles. The summed E-state index contributed by atoms with van der Waals surface area (Å²) in [7, 11) is 1.28. The Kier molecular flexibility index (Phi) is 4.27. The summed E-state index contributed by atoms with van der Waals surface area (Å²) in [5, 5.41) is 2.58. The van der Waals surface area contributed by atoms with Crippen LogP contribution in [0, 0.1) is 0 Å². The van der Waals surface area contributed by atoms with Crippen LogP contribution in [0.1, 0.15) is 17.3 Å². The zero-order chi connectivity index (χ0) is 12.0. The van der Waals surface area contributed by atoms with E-state index in [-0.39, 0.29) is 5.91 Å². The lowest BCUT2D eigenvalue weighted by atomic mass is 10.2. The maximum Gasteiger partial charge on any atom is 0.332 e. The Labute approximate surface area is 93.9 Å². The lowest BCUT2D eigenvalue weighted by Gasteiger charge is -2.04. The Morgan fingerprint density at radius 2 is 1.88 bits per heavy atom. The molecule has 0 heterocycles. The van der Waals surface area contributed by atoms with Gasteiger partial charge in [0.1, 0.15) is 0 Å². The number of hydrogen-bond donors (Lipinski definition) is 1. The molecule has 0 aromatic heterocycles. The van der Waals surface area contributed by atoms with Crippen molar-refractivity contribution in [2.75, 3.05) is 7.11 Å². The summed E-state index contributed by atoms with van der Waals surface area (Å²) in [4.78, 5) is 22.5. The number of methoxy groups -OCH3 is 1. The molecule has 0 unspecified atom stereocenters. The molecule has 16 heavy (non-hydrogen) atoms. The van der Waals surface area contributed by atoms with Crippen LogP contribution < -0.4 is 5.32 Å². The number of rotatable bonds is 3. The van der Waals surface area contributed by atoms with Crippen LogP contribution in [0.3, 0.4) is 0 Å². The van der Waals surface area contributed by atoms with Gasteiger partial charge in [-0.3, -0.25) is 4.79 Å². The smallest absolute Gasteiger partial charge is 0.332 e. The van der Waals surface area contributed by atoms with E-state index >= 15 is 0 Å². The Morgan fingerprint density at radius 1 is 1.25 bits per heavy atom. The van der Waals surface area contributed by atoms with Crippen molar-refractivity contribution in [1.29, 1.82) is 0 Å². The summed E-state index contributed by atoms with van der Waals surface area (Å²) in [5.74, 6) is -0.746. The van der Waals surface area contributed by atoms with Gasteiger partial charge >= 0.3 is 5.97 Å². The quantitative estimate of drug-likeness (QED) is 0.619. The zero-order valence-corrected chi connectivity index (χ0v) is 9.19. The fourth-order valence-electron chi connectivity index (χ4n) is 1.11. The summed E-state index contributed by atoms with van der Waals surface area (Å²) in [5.41, 5.74) is 0.987. The molecule has 0 aliphatic carbocycles. The summed E-state index contributed by atoms with van der Waals surface area (Å²) < 4.78 is 4.44. The predicted molar refractivity (Wildman–Crippen MR) is 59.7 cm³/mol. The molecule has 0 atom stereocenters. The first-order valence-corrected chi connectivity index (χ1v) is 4.76. The first kappa shape index (κ1) is 12.0. The topological polar surface area (TPSA) is 55.4 Å². The fraction of sp³-hybridized carbons (Fsp3) is 0.167. The molecular formula is C12H13NO3. The summed E-state index contributed by atoms with van der Waals surface area (Å²) >= 11 is 0. The van der Waals surface area contributed by atoms with Crippen LogP contribution in [0.2, 0.25) is 0 Å². The molecule has 1 N–H and O–H groups in total. The summed E-state index contributed by atoms with van der Waals surface area (Å²) in [6, 6.07) is 8.76. The van der Waals surface area contributed by atoms with E-state index in [2.05, 4.69) is 10.1 Å². The highest BCUT2D eigenvalue weighted by atomic mass is 16.5. The predicted octanol–water partition coefficient (Wildman–Crippen LogP) is 1.49. The number of nitrogens with one attached hydrogen (secondary N) is 1. The highest BCUT2D eigenvalue weighted by Gasteiger charge is 2.05. The van der Waals surface area contributed by atoms with Gasteiger partial charge in [-0.05, 0) is 19.1 Å². The van der Waals surface area contributed by atoms with Gasteiger partial charge in [-0.2, -0.15) is 0 Å². The molecule has 0 fully saturated rings. The highest BCUT2D eigenvalue weighted by Crippen LogP contribution is 1.99. The van der Waals surface area contributed by atoms with Crippen molar-refractivity contribution in [3.8, 4) is 0 Å². The van der Waals surface area contributed by atoms with Gasteiger partial charge < -0.3 is 10.1 Å².